The highest BCUT2D eigenvalue weighted by Gasteiger charge is 2.42. The van der Waals surface area contributed by atoms with Crippen LogP contribution < -0.4 is 4.74 Å². The molecule has 16 heavy (non-hydrogen) atoms. The summed E-state index contributed by atoms with van der Waals surface area (Å²) in [7, 11) is 1.48. The molecule has 0 bridgehead atoms. The van der Waals surface area contributed by atoms with Gasteiger partial charge in [-0.15, -0.1) is 0 Å². The standard InChI is InChI=1S/C11H10Cl2O3/c1-15-11-8(14)5-10(11)16-9-4-6(12)2-3-7(9)13/h2-4,10-11H,5H2,1H3. The first-order valence-electron chi connectivity index (χ1n) is 4.79. The molecule has 1 aromatic carbocycles. The Kier molecular flexibility index (Phi) is 3.38. The number of methoxy groups -OCH3 is 1. The molecule has 86 valence electrons. The average Bonchev–Trinajstić information content (AvgIpc) is 2.23. The lowest BCUT2D eigenvalue weighted by Gasteiger charge is -2.33. The SMILES string of the molecule is COC1C(=O)CC1Oc1cc(Cl)ccc1Cl. The van der Waals surface area contributed by atoms with Crippen molar-refractivity contribution >= 4 is 29.0 Å². The molecule has 5 heteroatoms. The molecule has 0 amide bonds. The number of rotatable bonds is 3. The van der Waals surface area contributed by atoms with Crippen molar-refractivity contribution in [1.82, 2.24) is 0 Å². The monoisotopic (exact) mass is 260 g/mol. The van der Waals surface area contributed by atoms with Crippen molar-refractivity contribution in [2.45, 2.75) is 18.6 Å². The van der Waals surface area contributed by atoms with E-state index in [1.807, 2.05) is 0 Å². The van der Waals surface area contributed by atoms with Gasteiger partial charge in [0.1, 0.15) is 11.9 Å². The van der Waals surface area contributed by atoms with Crippen molar-refractivity contribution in [2.75, 3.05) is 7.11 Å². The second-order valence-corrected chi connectivity index (χ2v) is 4.40. The molecule has 0 saturated heterocycles. The highest BCUT2D eigenvalue weighted by molar-refractivity contribution is 6.34. The van der Waals surface area contributed by atoms with E-state index in [1.54, 1.807) is 18.2 Å². The van der Waals surface area contributed by atoms with Crippen LogP contribution in [0.1, 0.15) is 6.42 Å². The van der Waals surface area contributed by atoms with Crippen LogP contribution in [0, 0.1) is 0 Å². The van der Waals surface area contributed by atoms with E-state index in [2.05, 4.69) is 0 Å². The number of benzene rings is 1. The zero-order valence-electron chi connectivity index (χ0n) is 8.57. The minimum absolute atomic E-state index is 0.0469. The molecule has 1 aliphatic rings. The number of hydrogen-bond acceptors (Lipinski definition) is 3. The van der Waals surface area contributed by atoms with Crippen LogP contribution in [0.25, 0.3) is 0 Å². The highest BCUT2D eigenvalue weighted by atomic mass is 35.5. The van der Waals surface area contributed by atoms with Gasteiger partial charge in [-0.3, -0.25) is 4.79 Å². The number of carbonyl (C=O) groups excluding carboxylic acids is 1. The van der Waals surface area contributed by atoms with Crippen LogP contribution >= 0.6 is 23.2 Å². The molecule has 1 aliphatic carbocycles. The molecular weight excluding hydrogens is 251 g/mol. The van der Waals surface area contributed by atoms with Crippen molar-refractivity contribution in [3.8, 4) is 5.75 Å². The number of carbonyl (C=O) groups is 1. The van der Waals surface area contributed by atoms with Gasteiger partial charge < -0.3 is 9.47 Å². The zero-order valence-corrected chi connectivity index (χ0v) is 10.1. The summed E-state index contributed by atoms with van der Waals surface area (Å²) in [6.07, 6.45) is -0.412. The summed E-state index contributed by atoms with van der Waals surface area (Å²) < 4.78 is 10.6. The number of Topliss-reactive ketones (excluding diaryl/α,β-unsaturated/α-hetero) is 1. The van der Waals surface area contributed by atoms with Gasteiger partial charge in [0.05, 0.1) is 5.02 Å². The summed E-state index contributed by atoms with van der Waals surface area (Å²) in [5.41, 5.74) is 0. The Balaban J connectivity index is 2.10. The summed E-state index contributed by atoms with van der Waals surface area (Å²) in [5.74, 6) is 0.527. The number of halogens is 2. The van der Waals surface area contributed by atoms with Gasteiger partial charge in [0, 0.05) is 24.6 Å². The fourth-order valence-electron chi connectivity index (χ4n) is 1.59. The van der Waals surface area contributed by atoms with E-state index in [1.165, 1.54) is 7.11 Å². The molecule has 0 spiro atoms. The quantitative estimate of drug-likeness (QED) is 0.839. The Hall–Kier alpha value is -0.770. The predicted octanol–water partition coefficient (Wildman–Crippen LogP) is 2.73. The van der Waals surface area contributed by atoms with E-state index < -0.39 is 6.10 Å². The van der Waals surface area contributed by atoms with Crippen molar-refractivity contribution in [3.05, 3.63) is 28.2 Å². The molecule has 0 aliphatic heterocycles. The average molecular weight is 261 g/mol. The molecule has 0 radical (unpaired) electrons. The largest absolute Gasteiger partial charge is 0.485 e. The molecule has 3 nitrogen and oxygen atoms in total. The van der Waals surface area contributed by atoms with Gasteiger partial charge in [-0.25, -0.2) is 0 Å². The first-order chi connectivity index (χ1) is 7.61. The molecule has 0 heterocycles. The molecule has 2 rings (SSSR count). The van der Waals surface area contributed by atoms with Crippen molar-refractivity contribution in [1.29, 1.82) is 0 Å². The molecule has 1 fully saturated rings. The van der Waals surface area contributed by atoms with Crippen LogP contribution in [0.3, 0.4) is 0 Å². The van der Waals surface area contributed by atoms with Gasteiger partial charge in [-0.05, 0) is 12.1 Å². The summed E-state index contributed by atoms with van der Waals surface area (Å²) in [6.45, 7) is 0. The van der Waals surface area contributed by atoms with Crippen molar-refractivity contribution in [2.24, 2.45) is 0 Å². The minimum Gasteiger partial charge on any atom is -0.485 e. The van der Waals surface area contributed by atoms with E-state index in [0.29, 0.717) is 22.2 Å². The van der Waals surface area contributed by atoms with E-state index in [9.17, 15) is 4.79 Å². The summed E-state index contributed by atoms with van der Waals surface area (Å²) >= 11 is 11.8. The van der Waals surface area contributed by atoms with Crippen molar-refractivity contribution in [3.63, 3.8) is 0 Å². The molecule has 2 atom stereocenters. The molecule has 1 saturated carbocycles. The fourth-order valence-corrected chi connectivity index (χ4v) is 1.91. The Morgan fingerprint density at radius 3 is 2.75 bits per heavy atom. The van der Waals surface area contributed by atoms with E-state index in [4.69, 9.17) is 32.7 Å². The van der Waals surface area contributed by atoms with Gasteiger partial charge in [-0.1, -0.05) is 23.2 Å². The van der Waals surface area contributed by atoms with Crippen LogP contribution in [0.5, 0.6) is 5.75 Å². The minimum atomic E-state index is -0.491. The summed E-state index contributed by atoms with van der Waals surface area (Å²) in [6, 6.07) is 4.96. The molecule has 2 unspecified atom stereocenters. The second-order valence-electron chi connectivity index (χ2n) is 3.56. The molecule has 0 aromatic heterocycles. The fraction of sp³-hybridized carbons (Fsp3) is 0.364. The van der Waals surface area contributed by atoms with E-state index in [-0.39, 0.29) is 11.9 Å². The maximum absolute atomic E-state index is 11.2. The lowest BCUT2D eigenvalue weighted by atomic mass is 9.90. The van der Waals surface area contributed by atoms with Crippen LogP contribution in [0.15, 0.2) is 18.2 Å². The molecule has 0 N–H and O–H groups in total. The maximum Gasteiger partial charge on any atom is 0.169 e. The highest BCUT2D eigenvalue weighted by Crippen LogP contribution is 2.32. The van der Waals surface area contributed by atoms with Gasteiger partial charge in [0.25, 0.3) is 0 Å². The number of ketones is 1. The van der Waals surface area contributed by atoms with Crippen LogP contribution in [-0.2, 0) is 9.53 Å². The summed E-state index contributed by atoms with van der Waals surface area (Å²) in [5, 5.41) is 1.01. The Bertz CT molecular complexity index is 420. The van der Waals surface area contributed by atoms with E-state index in [0.717, 1.165) is 0 Å². The third kappa shape index (κ3) is 2.17. The Labute approximate surface area is 103 Å². The third-order valence-corrected chi connectivity index (χ3v) is 3.03. The van der Waals surface area contributed by atoms with Crippen LogP contribution in [-0.4, -0.2) is 25.1 Å². The first-order valence-corrected chi connectivity index (χ1v) is 5.54. The maximum atomic E-state index is 11.2. The third-order valence-electron chi connectivity index (χ3n) is 2.48. The Morgan fingerprint density at radius 1 is 1.38 bits per heavy atom. The number of ether oxygens (including phenoxy) is 2. The zero-order chi connectivity index (χ0) is 11.7. The smallest absolute Gasteiger partial charge is 0.169 e. The first kappa shape index (κ1) is 11.7. The second kappa shape index (κ2) is 4.62. The van der Waals surface area contributed by atoms with Gasteiger partial charge in [0.2, 0.25) is 0 Å². The van der Waals surface area contributed by atoms with Crippen LogP contribution in [0.2, 0.25) is 10.0 Å². The lowest BCUT2D eigenvalue weighted by molar-refractivity contribution is -0.150. The van der Waals surface area contributed by atoms with Gasteiger partial charge >= 0.3 is 0 Å². The van der Waals surface area contributed by atoms with Gasteiger partial charge in [-0.2, -0.15) is 0 Å². The number of hydrogen-bond donors (Lipinski definition) is 0. The van der Waals surface area contributed by atoms with E-state index >= 15 is 0 Å². The summed E-state index contributed by atoms with van der Waals surface area (Å²) in [4.78, 5) is 11.2. The lowest BCUT2D eigenvalue weighted by Crippen LogP contribution is -2.51. The van der Waals surface area contributed by atoms with Gasteiger partial charge in [0.15, 0.2) is 11.9 Å². The normalized spacial score (nSPS) is 24.1. The predicted molar refractivity (Wildman–Crippen MR) is 61.3 cm³/mol. The Morgan fingerprint density at radius 2 is 2.12 bits per heavy atom. The molecule has 1 aromatic rings. The van der Waals surface area contributed by atoms with Crippen molar-refractivity contribution < 1.29 is 14.3 Å². The molecular formula is C11H10Cl2O3. The van der Waals surface area contributed by atoms with Crippen LogP contribution in [0.4, 0.5) is 0 Å². The topological polar surface area (TPSA) is 35.5 Å².